The van der Waals surface area contributed by atoms with Gasteiger partial charge in [0.1, 0.15) is 0 Å². The third kappa shape index (κ3) is 4.13. The van der Waals surface area contributed by atoms with E-state index in [9.17, 15) is 4.79 Å². The molecule has 0 aromatic heterocycles. The topological polar surface area (TPSA) is 29.5 Å². The molecule has 0 aliphatic carbocycles. The van der Waals surface area contributed by atoms with Gasteiger partial charge in [0, 0.05) is 12.1 Å². The second-order valence-corrected chi connectivity index (χ2v) is 2.84. The minimum atomic E-state index is -0.223. The Hall–Kier alpha value is -0.830. The van der Waals surface area contributed by atoms with E-state index >= 15 is 0 Å². The van der Waals surface area contributed by atoms with Crippen LogP contribution in [0.1, 0.15) is 13.3 Å². The van der Waals surface area contributed by atoms with Crippen LogP contribution in [-0.2, 0) is 9.53 Å². The van der Waals surface area contributed by atoms with Crippen LogP contribution in [0.2, 0.25) is 0 Å². The van der Waals surface area contributed by atoms with Crippen molar-refractivity contribution in [3.63, 3.8) is 0 Å². The fraction of sp³-hybridized carbons (Fsp3) is 0.667. The van der Waals surface area contributed by atoms with Gasteiger partial charge in [-0.25, -0.2) is 4.79 Å². The Bertz CT molecular complexity index is 173. The molecule has 0 unspecified atom stereocenters. The second-order valence-electron chi connectivity index (χ2n) is 2.84. The summed E-state index contributed by atoms with van der Waals surface area (Å²) >= 11 is 0. The van der Waals surface area contributed by atoms with Gasteiger partial charge in [0.25, 0.3) is 0 Å². The summed E-state index contributed by atoms with van der Waals surface area (Å²) in [5, 5.41) is 0. The standard InChI is InChI=1S/C9H17NO2/c1-5-8(9(11)12-4)6-7-10(2)3/h6H,5,7H2,1-4H3. The maximum atomic E-state index is 11.0. The number of ether oxygens (including phenoxy) is 1. The van der Waals surface area contributed by atoms with Gasteiger partial charge in [0.05, 0.1) is 7.11 Å². The fourth-order valence-electron chi connectivity index (χ4n) is 0.796. The van der Waals surface area contributed by atoms with E-state index in [0.29, 0.717) is 0 Å². The van der Waals surface area contributed by atoms with E-state index in [-0.39, 0.29) is 5.97 Å². The monoisotopic (exact) mass is 171 g/mol. The molecule has 0 saturated heterocycles. The van der Waals surface area contributed by atoms with Crippen LogP contribution in [0.4, 0.5) is 0 Å². The van der Waals surface area contributed by atoms with Crippen LogP contribution >= 0.6 is 0 Å². The predicted octanol–water partition coefficient (Wildman–Crippen LogP) is 1.06. The van der Waals surface area contributed by atoms with E-state index in [0.717, 1.165) is 18.5 Å². The number of hydrogen-bond donors (Lipinski definition) is 0. The molecule has 0 N–H and O–H groups in total. The lowest BCUT2D eigenvalue weighted by atomic mass is 10.2. The largest absolute Gasteiger partial charge is 0.466 e. The average Bonchev–Trinajstić information content (AvgIpc) is 2.04. The zero-order valence-electron chi connectivity index (χ0n) is 8.26. The van der Waals surface area contributed by atoms with E-state index < -0.39 is 0 Å². The lowest BCUT2D eigenvalue weighted by Crippen LogP contribution is -2.13. The minimum Gasteiger partial charge on any atom is -0.466 e. The highest BCUT2D eigenvalue weighted by molar-refractivity contribution is 5.88. The minimum absolute atomic E-state index is 0.223. The molecule has 0 amide bonds. The molecule has 0 spiro atoms. The highest BCUT2D eigenvalue weighted by atomic mass is 16.5. The molecule has 0 heterocycles. The summed E-state index contributed by atoms with van der Waals surface area (Å²) in [7, 11) is 5.32. The molecule has 0 aliphatic heterocycles. The first-order valence-electron chi connectivity index (χ1n) is 4.03. The van der Waals surface area contributed by atoms with Crippen molar-refractivity contribution in [2.75, 3.05) is 27.7 Å². The first-order chi connectivity index (χ1) is 5.61. The molecule has 0 atom stereocenters. The summed E-state index contributed by atoms with van der Waals surface area (Å²) in [6.45, 7) is 2.72. The van der Waals surface area contributed by atoms with Crippen LogP contribution in [0.25, 0.3) is 0 Å². The van der Waals surface area contributed by atoms with Gasteiger partial charge in [-0.1, -0.05) is 13.0 Å². The number of hydrogen-bond acceptors (Lipinski definition) is 3. The smallest absolute Gasteiger partial charge is 0.333 e. The SMILES string of the molecule is CCC(=CCN(C)C)C(=O)OC. The van der Waals surface area contributed by atoms with Gasteiger partial charge in [-0.15, -0.1) is 0 Å². The van der Waals surface area contributed by atoms with E-state index in [2.05, 4.69) is 4.74 Å². The molecule has 12 heavy (non-hydrogen) atoms. The third-order valence-corrected chi connectivity index (χ3v) is 1.53. The molecule has 3 heteroatoms. The maximum absolute atomic E-state index is 11.0. The van der Waals surface area contributed by atoms with Crippen LogP contribution in [0.3, 0.4) is 0 Å². The Morgan fingerprint density at radius 1 is 1.50 bits per heavy atom. The van der Waals surface area contributed by atoms with Crippen molar-refractivity contribution in [1.82, 2.24) is 4.90 Å². The van der Waals surface area contributed by atoms with Gasteiger partial charge in [-0.05, 0) is 20.5 Å². The maximum Gasteiger partial charge on any atom is 0.333 e. The van der Waals surface area contributed by atoms with Crippen molar-refractivity contribution in [2.45, 2.75) is 13.3 Å². The van der Waals surface area contributed by atoms with E-state index in [1.807, 2.05) is 32.0 Å². The van der Waals surface area contributed by atoms with Crippen LogP contribution < -0.4 is 0 Å². The van der Waals surface area contributed by atoms with Gasteiger partial charge >= 0.3 is 5.97 Å². The van der Waals surface area contributed by atoms with Gasteiger partial charge in [0.15, 0.2) is 0 Å². The van der Waals surface area contributed by atoms with Crippen molar-refractivity contribution in [3.8, 4) is 0 Å². The highest BCUT2D eigenvalue weighted by Gasteiger charge is 2.05. The summed E-state index contributed by atoms with van der Waals surface area (Å²) in [6, 6.07) is 0. The number of rotatable bonds is 4. The molecule has 0 aromatic carbocycles. The van der Waals surface area contributed by atoms with Crippen LogP contribution in [0, 0.1) is 0 Å². The average molecular weight is 171 g/mol. The zero-order valence-corrected chi connectivity index (χ0v) is 8.26. The normalized spacial score (nSPS) is 11.9. The van der Waals surface area contributed by atoms with Crippen molar-refractivity contribution >= 4 is 5.97 Å². The molecule has 0 aromatic rings. The Morgan fingerprint density at radius 3 is 2.42 bits per heavy atom. The van der Waals surface area contributed by atoms with Crippen molar-refractivity contribution in [1.29, 1.82) is 0 Å². The van der Waals surface area contributed by atoms with E-state index in [4.69, 9.17) is 0 Å². The Balaban J connectivity index is 4.13. The summed E-state index contributed by atoms with van der Waals surface area (Å²) in [4.78, 5) is 13.0. The van der Waals surface area contributed by atoms with Crippen molar-refractivity contribution in [3.05, 3.63) is 11.6 Å². The molecule has 0 radical (unpaired) electrons. The molecule has 3 nitrogen and oxygen atoms in total. The van der Waals surface area contributed by atoms with Crippen molar-refractivity contribution in [2.24, 2.45) is 0 Å². The Labute approximate surface area is 74.0 Å². The summed E-state index contributed by atoms with van der Waals surface area (Å²) in [5.74, 6) is -0.223. The first kappa shape index (κ1) is 11.2. The van der Waals surface area contributed by atoms with Crippen LogP contribution in [0.15, 0.2) is 11.6 Å². The summed E-state index contributed by atoms with van der Waals surface area (Å²) < 4.78 is 4.61. The molecular weight excluding hydrogens is 154 g/mol. The molecule has 0 fully saturated rings. The molecule has 0 bridgehead atoms. The fourth-order valence-corrected chi connectivity index (χ4v) is 0.796. The highest BCUT2D eigenvalue weighted by Crippen LogP contribution is 2.02. The number of methoxy groups -OCH3 is 1. The van der Waals surface area contributed by atoms with Crippen LogP contribution in [-0.4, -0.2) is 38.6 Å². The number of nitrogens with zero attached hydrogens (tertiary/aromatic N) is 1. The van der Waals surface area contributed by atoms with Gasteiger partial charge in [0.2, 0.25) is 0 Å². The lowest BCUT2D eigenvalue weighted by molar-refractivity contribution is -0.136. The number of likely N-dealkylation sites (N-methyl/N-ethyl adjacent to an activating group) is 1. The number of carbonyl (C=O) groups is 1. The molecule has 0 saturated carbocycles. The summed E-state index contributed by atoms with van der Waals surface area (Å²) in [5.41, 5.74) is 0.742. The van der Waals surface area contributed by atoms with Gasteiger partial charge in [-0.2, -0.15) is 0 Å². The van der Waals surface area contributed by atoms with Gasteiger partial charge in [-0.3, -0.25) is 0 Å². The van der Waals surface area contributed by atoms with Crippen LogP contribution in [0.5, 0.6) is 0 Å². The Morgan fingerprint density at radius 2 is 2.08 bits per heavy atom. The quantitative estimate of drug-likeness (QED) is 0.468. The van der Waals surface area contributed by atoms with E-state index in [1.54, 1.807) is 0 Å². The summed E-state index contributed by atoms with van der Waals surface area (Å²) in [6.07, 6.45) is 2.62. The second kappa shape index (κ2) is 5.77. The third-order valence-electron chi connectivity index (χ3n) is 1.53. The molecule has 0 rings (SSSR count). The lowest BCUT2D eigenvalue weighted by Gasteiger charge is -2.06. The first-order valence-corrected chi connectivity index (χ1v) is 4.03. The van der Waals surface area contributed by atoms with Crippen molar-refractivity contribution < 1.29 is 9.53 Å². The molecule has 0 aliphatic rings. The molecule has 70 valence electrons. The molecular formula is C9H17NO2. The zero-order chi connectivity index (χ0) is 9.56. The predicted molar refractivity (Wildman–Crippen MR) is 48.9 cm³/mol. The number of carbonyl (C=O) groups excluding carboxylic acids is 1. The number of esters is 1. The van der Waals surface area contributed by atoms with Gasteiger partial charge < -0.3 is 9.64 Å². The Kier molecular flexibility index (Phi) is 5.37. The van der Waals surface area contributed by atoms with E-state index in [1.165, 1.54) is 7.11 Å².